The molecule has 1 saturated heterocycles. The van der Waals surface area contributed by atoms with E-state index in [1.54, 1.807) is 36.4 Å². The smallest absolute Gasteiger partial charge is 0.335 e. The summed E-state index contributed by atoms with van der Waals surface area (Å²) in [5, 5.41) is 13.3. The van der Waals surface area contributed by atoms with E-state index in [0.29, 0.717) is 11.3 Å². The van der Waals surface area contributed by atoms with Gasteiger partial charge in [0.1, 0.15) is 17.1 Å². The molecule has 4 rings (SSSR count). The number of barbiturate groups is 1. The lowest BCUT2D eigenvalue weighted by molar-refractivity contribution is -0.255. The monoisotopic (exact) mass is 449 g/mol. The van der Waals surface area contributed by atoms with E-state index < -0.39 is 23.8 Å². The minimum absolute atomic E-state index is 0.0213. The van der Waals surface area contributed by atoms with Gasteiger partial charge in [0, 0.05) is 16.1 Å². The summed E-state index contributed by atoms with van der Waals surface area (Å²) in [5.74, 6) is -2.65. The fraction of sp³-hybridized carbons (Fsp3) is 0.0435. The van der Waals surface area contributed by atoms with Gasteiger partial charge in [-0.1, -0.05) is 29.3 Å². The van der Waals surface area contributed by atoms with Crippen LogP contribution in [-0.2, 0) is 9.59 Å². The van der Waals surface area contributed by atoms with Gasteiger partial charge in [-0.25, -0.2) is 9.69 Å². The summed E-state index contributed by atoms with van der Waals surface area (Å²) in [5.41, 5.74) is 1.17. The van der Waals surface area contributed by atoms with Gasteiger partial charge in [0.2, 0.25) is 0 Å². The topological polar surface area (TPSA) is 120 Å². The van der Waals surface area contributed by atoms with E-state index in [2.05, 4.69) is 5.32 Å². The quantitative estimate of drug-likeness (QED) is 0.483. The van der Waals surface area contributed by atoms with Crippen molar-refractivity contribution >= 4 is 47.2 Å². The largest absolute Gasteiger partial charge is 0.545 e. The Morgan fingerprint density at radius 2 is 1.78 bits per heavy atom. The second kappa shape index (κ2) is 8.16. The molecule has 0 radical (unpaired) electrons. The predicted molar refractivity (Wildman–Crippen MR) is 114 cm³/mol. The number of aryl methyl sites for hydroxylation is 1. The number of carbonyl (C=O) groups is 4. The molecule has 1 aliphatic heterocycles. The van der Waals surface area contributed by atoms with E-state index in [-0.39, 0.29) is 27.7 Å². The first-order chi connectivity index (χ1) is 15.2. The molecule has 2 heterocycles. The number of halogens is 1. The number of benzene rings is 2. The third-order valence-corrected chi connectivity index (χ3v) is 5.11. The maximum atomic E-state index is 12.9. The van der Waals surface area contributed by atoms with E-state index in [9.17, 15) is 24.3 Å². The number of carboxylic acid groups (broad SMARTS) is 1. The molecule has 0 aliphatic carbocycles. The second-order valence-corrected chi connectivity index (χ2v) is 7.38. The number of aromatic carboxylic acids is 1. The number of hydrogen-bond acceptors (Lipinski definition) is 6. The Bertz CT molecular complexity index is 1310. The van der Waals surface area contributed by atoms with Crippen molar-refractivity contribution in [3.63, 3.8) is 0 Å². The second-order valence-electron chi connectivity index (χ2n) is 6.98. The van der Waals surface area contributed by atoms with Gasteiger partial charge in [-0.2, -0.15) is 0 Å². The van der Waals surface area contributed by atoms with Crippen LogP contribution in [-0.4, -0.2) is 23.8 Å². The van der Waals surface area contributed by atoms with Gasteiger partial charge in [-0.15, -0.1) is 0 Å². The van der Waals surface area contributed by atoms with Crippen molar-refractivity contribution in [1.82, 2.24) is 5.32 Å². The molecule has 1 fully saturated rings. The average Bonchev–Trinajstić information content (AvgIpc) is 3.21. The van der Waals surface area contributed by atoms with E-state index in [0.717, 1.165) is 10.5 Å². The van der Waals surface area contributed by atoms with Gasteiger partial charge in [0.15, 0.2) is 0 Å². The molecule has 0 spiro atoms. The summed E-state index contributed by atoms with van der Waals surface area (Å²) in [6.45, 7) is 1.86. The van der Waals surface area contributed by atoms with Crippen LogP contribution < -0.4 is 15.3 Å². The van der Waals surface area contributed by atoms with Crippen molar-refractivity contribution in [1.29, 1.82) is 0 Å². The van der Waals surface area contributed by atoms with E-state index in [4.69, 9.17) is 16.0 Å². The molecule has 1 aliphatic rings. The first-order valence-electron chi connectivity index (χ1n) is 9.34. The van der Waals surface area contributed by atoms with Crippen LogP contribution in [0.4, 0.5) is 10.5 Å². The maximum absolute atomic E-state index is 12.9. The highest BCUT2D eigenvalue weighted by Gasteiger charge is 2.37. The lowest BCUT2D eigenvalue weighted by atomic mass is 10.1. The number of carbonyl (C=O) groups excluding carboxylic acids is 4. The summed E-state index contributed by atoms with van der Waals surface area (Å²) in [6, 6.07) is 13.1. The zero-order chi connectivity index (χ0) is 23.0. The number of hydrogen-bond donors (Lipinski definition) is 1. The Hall–Kier alpha value is -4.17. The molecule has 1 N–H and O–H groups in total. The van der Waals surface area contributed by atoms with E-state index in [1.165, 1.54) is 24.3 Å². The number of urea groups is 1. The first-order valence-corrected chi connectivity index (χ1v) is 9.71. The molecule has 3 aromatic rings. The van der Waals surface area contributed by atoms with Crippen LogP contribution in [0, 0.1) is 6.92 Å². The number of rotatable bonds is 4. The molecule has 0 atom stereocenters. The molecule has 9 heteroatoms. The summed E-state index contributed by atoms with van der Waals surface area (Å²) in [4.78, 5) is 49.5. The predicted octanol–water partition coefficient (Wildman–Crippen LogP) is 2.94. The molecule has 0 saturated carbocycles. The lowest BCUT2D eigenvalue weighted by Gasteiger charge is -2.26. The molecule has 0 unspecified atom stereocenters. The number of nitrogens with one attached hydrogen (secondary N) is 1. The Balaban J connectivity index is 1.67. The highest BCUT2D eigenvalue weighted by Crippen LogP contribution is 2.28. The minimum atomic E-state index is -1.43. The summed E-state index contributed by atoms with van der Waals surface area (Å²) in [7, 11) is 0. The van der Waals surface area contributed by atoms with Gasteiger partial charge >= 0.3 is 6.03 Å². The number of imide groups is 2. The van der Waals surface area contributed by atoms with Crippen molar-refractivity contribution in [2.45, 2.75) is 6.92 Å². The Morgan fingerprint density at radius 3 is 2.47 bits per heavy atom. The standard InChI is InChI=1S/C23H15ClN2O6/c1-12-2-5-14(6-3-12)26-21(28)17(20(27)25-23(26)31)11-15-7-9-19(32-15)13-4-8-18(24)16(10-13)22(29)30/h2-11H,1H3,(H,29,30)(H,25,27,31)/p-1/b17-11-. The average molecular weight is 450 g/mol. The molecular weight excluding hydrogens is 436 g/mol. The molecule has 8 nitrogen and oxygen atoms in total. The van der Waals surface area contributed by atoms with Crippen molar-refractivity contribution in [3.05, 3.63) is 82.1 Å². The summed E-state index contributed by atoms with van der Waals surface area (Å²) < 4.78 is 5.66. The molecular formula is C23H14ClN2O6-. The maximum Gasteiger partial charge on any atom is 0.335 e. The van der Waals surface area contributed by atoms with Crippen LogP contribution in [0.3, 0.4) is 0 Å². The van der Waals surface area contributed by atoms with Crippen molar-refractivity contribution in [3.8, 4) is 11.3 Å². The fourth-order valence-electron chi connectivity index (χ4n) is 3.15. The van der Waals surface area contributed by atoms with Crippen molar-refractivity contribution in [2.24, 2.45) is 0 Å². The number of amides is 4. The van der Waals surface area contributed by atoms with Crippen LogP contribution in [0.5, 0.6) is 0 Å². The summed E-state index contributed by atoms with van der Waals surface area (Å²) in [6.07, 6.45) is 1.21. The van der Waals surface area contributed by atoms with Gasteiger partial charge in [-0.3, -0.25) is 14.9 Å². The zero-order valence-electron chi connectivity index (χ0n) is 16.5. The van der Waals surface area contributed by atoms with Gasteiger partial charge in [-0.05, 0) is 55.5 Å². The lowest BCUT2D eigenvalue weighted by Crippen LogP contribution is -2.54. The number of carboxylic acids is 1. The van der Waals surface area contributed by atoms with Crippen molar-refractivity contribution in [2.75, 3.05) is 4.90 Å². The SMILES string of the molecule is Cc1ccc(N2C(=O)NC(=O)/C(=C/c3ccc(-c4ccc(Cl)c(C(=O)[O-])c4)o3)C2=O)cc1. The number of anilines is 1. The van der Waals surface area contributed by atoms with E-state index in [1.807, 2.05) is 6.92 Å². The van der Waals surface area contributed by atoms with Crippen LogP contribution in [0.1, 0.15) is 21.7 Å². The van der Waals surface area contributed by atoms with Crippen LogP contribution >= 0.6 is 11.6 Å². The summed E-state index contributed by atoms with van der Waals surface area (Å²) >= 11 is 5.85. The highest BCUT2D eigenvalue weighted by atomic mass is 35.5. The Morgan fingerprint density at radius 1 is 1.06 bits per heavy atom. The van der Waals surface area contributed by atoms with Gasteiger partial charge in [0.25, 0.3) is 11.8 Å². The van der Waals surface area contributed by atoms with Gasteiger partial charge < -0.3 is 14.3 Å². The molecule has 0 bridgehead atoms. The fourth-order valence-corrected chi connectivity index (χ4v) is 3.34. The minimum Gasteiger partial charge on any atom is -0.545 e. The molecule has 160 valence electrons. The molecule has 32 heavy (non-hydrogen) atoms. The van der Waals surface area contributed by atoms with Crippen molar-refractivity contribution < 1.29 is 28.7 Å². The van der Waals surface area contributed by atoms with Crippen LogP contribution in [0.15, 0.2) is 64.6 Å². The highest BCUT2D eigenvalue weighted by molar-refractivity contribution is 6.39. The third-order valence-electron chi connectivity index (χ3n) is 4.78. The first kappa shape index (κ1) is 21.1. The molecule has 2 aromatic carbocycles. The van der Waals surface area contributed by atoms with Gasteiger partial charge in [0.05, 0.1) is 11.7 Å². The van der Waals surface area contributed by atoms with Crippen LogP contribution in [0.25, 0.3) is 17.4 Å². The normalized spacial score (nSPS) is 15.2. The third kappa shape index (κ3) is 3.91. The number of furan rings is 1. The molecule has 1 aromatic heterocycles. The Kier molecular flexibility index (Phi) is 5.38. The van der Waals surface area contributed by atoms with E-state index >= 15 is 0 Å². The Labute approximate surface area is 186 Å². The molecule has 4 amide bonds. The van der Waals surface area contributed by atoms with Crippen LogP contribution in [0.2, 0.25) is 5.02 Å². The zero-order valence-corrected chi connectivity index (χ0v) is 17.3. The number of nitrogens with zero attached hydrogens (tertiary/aromatic N) is 1.